The van der Waals surface area contributed by atoms with Crippen LogP contribution in [0.5, 0.6) is 0 Å². The maximum atomic E-state index is 5.12. The van der Waals surface area contributed by atoms with E-state index in [0.29, 0.717) is 23.4 Å². The van der Waals surface area contributed by atoms with Crippen LogP contribution in [-0.2, 0) is 50.8 Å². The van der Waals surface area contributed by atoms with Crippen molar-refractivity contribution in [2.75, 3.05) is 13.1 Å². The minimum absolute atomic E-state index is 0. The third-order valence-corrected chi connectivity index (χ3v) is 3.21. The second kappa shape index (κ2) is 13.7. The Bertz CT molecular complexity index is 597. The second-order valence-corrected chi connectivity index (χ2v) is 5.31. The average molecular weight is 455 g/mol. The van der Waals surface area contributed by atoms with Crippen LogP contribution in [0, 0.1) is 0 Å². The molecule has 2 aromatic carbocycles. The smallest absolute Gasteiger partial charge is 2.00 e. The third-order valence-electron chi connectivity index (χ3n) is 2.77. The molecule has 0 amide bonds. The Morgan fingerprint density at radius 2 is 1.08 bits per heavy atom. The van der Waals surface area contributed by atoms with E-state index >= 15 is 0 Å². The van der Waals surface area contributed by atoms with E-state index in [4.69, 9.17) is 25.3 Å². The summed E-state index contributed by atoms with van der Waals surface area (Å²) < 4.78 is 0. The fourth-order valence-corrected chi connectivity index (χ4v) is 2.11. The summed E-state index contributed by atoms with van der Waals surface area (Å²) in [6.07, 6.45) is 0.759. The number of rotatable bonds is 6. The van der Waals surface area contributed by atoms with Crippen LogP contribution >= 0.6 is 0 Å². The van der Waals surface area contributed by atoms with Gasteiger partial charge in [-0.05, 0) is 11.4 Å². The average Bonchev–Trinajstić information content (AvgIpc) is 2.56. The summed E-state index contributed by atoms with van der Waals surface area (Å²) in [6, 6.07) is 19.1. The topological polar surface area (TPSA) is 81.4 Å². The van der Waals surface area contributed by atoms with Gasteiger partial charge in [0.05, 0.1) is 0 Å². The summed E-state index contributed by atoms with van der Waals surface area (Å²) in [4.78, 5) is 8.48. The maximum absolute atomic E-state index is 5.12. The van der Waals surface area contributed by atoms with E-state index < -0.39 is 0 Å². The zero-order valence-electron chi connectivity index (χ0n) is 13.3. The van der Waals surface area contributed by atoms with Gasteiger partial charge in [0.15, 0.2) is 0 Å². The van der Waals surface area contributed by atoms with Gasteiger partial charge in [-0.15, -0.1) is 0 Å². The molecule has 0 heterocycles. The number of nitrogens with zero attached hydrogens (tertiary/aromatic N) is 4. The van der Waals surface area contributed by atoms with E-state index in [1.807, 2.05) is 60.7 Å². The van der Waals surface area contributed by atoms with Gasteiger partial charge in [-0.1, -0.05) is 80.2 Å². The molecule has 129 valence electrons. The van der Waals surface area contributed by atoms with Crippen LogP contribution in [0.15, 0.2) is 70.6 Å². The Balaban J connectivity index is 0.00000288. The van der Waals surface area contributed by atoms with Crippen molar-refractivity contribution < 1.29 is 25.6 Å². The van der Waals surface area contributed by atoms with Crippen LogP contribution in [0.4, 0.5) is 11.4 Å². The van der Waals surface area contributed by atoms with Crippen molar-refractivity contribution in [2.45, 2.75) is 6.42 Å². The van der Waals surface area contributed by atoms with Crippen LogP contribution in [0.3, 0.4) is 0 Å². The molecule has 0 aliphatic carbocycles. The first-order valence-corrected chi connectivity index (χ1v) is 8.02. The molecular weight excluding hydrogens is 439 g/mol. The van der Waals surface area contributed by atoms with Gasteiger partial charge in [0.2, 0.25) is 0 Å². The maximum Gasteiger partial charge on any atom is 6.00 e. The number of aliphatic imine (C=N–C) groups is 2. The van der Waals surface area contributed by atoms with Crippen molar-refractivity contribution in [3.05, 3.63) is 71.3 Å². The quantitative estimate of drug-likeness (QED) is 0.279. The molecule has 0 bridgehead atoms. The van der Waals surface area contributed by atoms with Crippen LogP contribution < -0.4 is 0 Å². The first-order valence-electron chi connectivity index (χ1n) is 7.20. The predicted octanol–water partition coefficient (Wildman–Crippen LogP) is 4.47. The molecule has 2 aromatic rings. The minimum atomic E-state index is 0. The number of hydrogen-bond acceptors (Lipinski definition) is 4. The van der Waals surface area contributed by atoms with Crippen LogP contribution in [0.2, 0.25) is 0 Å². The van der Waals surface area contributed by atoms with E-state index in [-0.39, 0.29) is 25.6 Å². The number of para-hydroxylation sites is 2. The van der Waals surface area contributed by atoms with Gasteiger partial charge in [0, 0.05) is 0 Å². The van der Waals surface area contributed by atoms with Crippen molar-refractivity contribution >= 4 is 47.0 Å². The Kier molecular flexibility index (Phi) is 12.8. The summed E-state index contributed by atoms with van der Waals surface area (Å²) in [6.45, 7) is 1.15. The zero-order chi connectivity index (χ0) is 16.3. The standard InChI is InChI=1S/C17H18N4S2.O.Tc/c22-16(20-14-8-3-1-4-9-14)18-12-7-13-19-17(23)21-15-10-5-2-6-11-15;;/h1-6,8-11H,7,12-13H2,(H2-2,18,19,20,21,22,23);;/q2*-2;+6/p-2/i;;1+1. The summed E-state index contributed by atoms with van der Waals surface area (Å²) in [5, 5.41) is 9.17. The summed E-state index contributed by atoms with van der Waals surface area (Å²) in [7, 11) is 0. The van der Waals surface area contributed by atoms with Crippen molar-refractivity contribution in [1.82, 2.24) is 0 Å². The predicted molar refractivity (Wildman–Crippen MR) is 104 cm³/mol. The normalized spacial score (nSPS) is 11.0. The van der Waals surface area contributed by atoms with Crippen LogP contribution in [0.25, 0.3) is 10.6 Å². The van der Waals surface area contributed by atoms with Crippen molar-refractivity contribution in [3.63, 3.8) is 0 Å². The Morgan fingerprint density at radius 1 is 0.720 bits per heavy atom. The van der Waals surface area contributed by atoms with E-state index in [2.05, 4.69) is 20.6 Å². The molecule has 0 fully saturated rings. The molecule has 0 unspecified atom stereocenters. The molecule has 0 aromatic heterocycles. The summed E-state index contributed by atoms with van der Waals surface area (Å²) >= 11 is 10.2. The molecule has 0 aliphatic rings. The van der Waals surface area contributed by atoms with Crippen LogP contribution in [0.1, 0.15) is 6.42 Å². The van der Waals surface area contributed by atoms with Crippen LogP contribution in [-0.4, -0.2) is 23.4 Å². The van der Waals surface area contributed by atoms with Gasteiger partial charge in [-0.2, -0.15) is 0 Å². The van der Waals surface area contributed by atoms with Gasteiger partial charge in [0.25, 0.3) is 0 Å². The molecule has 0 spiro atoms. The van der Waals surface area contributed by atoms with Crippen molar-refractivity contribution in [1.29, 1.82) is 0 Å². The van der Waals surface area contributed by atoms with Crippen molar-refractivity contribution in [2.24, 2.45) is 9.98 Å². The summed E-state index contributed by atoms with van der Waals surface area (Å²) in [5.41, 5.74) is 1.63. The van der Waals surface area contributed by atoms with Gasteiger partial charge in [-0.3, -0.25) is 0 Å². The minimum Gasteiger partial charge on any atom is -2.00 e. The number of hydrogen-bond donors (Lipinski definition) is 0. The molecule has 25 heavy (non-hydrogen) atoms. The molecule has 1 radical (unpaired) electrons. The van der Waals surface area contributed by atoms with Gasteiger partial charge in [-0.25, -0.2) is 10.3 Å². The molecule has 0 saturated carbocycles. The first kappa shape index (κ1) is 23.4. The molecule has 0 saturated heterocycles. The Labute approximate surface area is 172 Å². The molecule has 8 heteroatoms. The third kappa shape index (κ3) is 10.1. The Hall–Kier alpha value is -1.57. The summed E-state index contributed by atoms with van der Waals surface area (Å²) in [5.74, 6) is 0. The van der Waals surface area contributed by atoms with Gasteiger partial charge < -0.3 is 51.4 Å². The van der Waals surface area contributed by atoms with E-state index in [0.717, 1.165) is 17.8 Å². The number of benzene rings is 2. The Morgan fingerprint density at radius 3 is 1.44 bits per heavy atom. The molecule has 5 nitrogen and oxygen atoms in total. The largest absolute Gasteiger partial charge is 6.00 e. The molecular formula is C17H16N4OS2Tc. The fraction of sp³-hybridized carbons (Fsp3) is 0.176. The first-order chi connectivity index (χ1) is 11.2. The number of amidine groups is 2. The van der Waals surface area contributed by atoms with Crippen molar-refractivity contribution in [3.8, 4) is 0 Å². The van der Waals surface area contributed by atoms with E-state index in [1.54, 1.807) is 0 Å². The second-order valence-electron chi connectivity index (χ2n) is 4.58. The molecule has 0 aliphatic heterocycles. The van der Waals surface area contributed by atoms with E-state index in [9.17, 15) is 0 Å². The molecule has 0 atom stereocenters. The zero-order valence-corrected chi connectivity index (χ0v) is 16.8. The SMILES string of the molecule is [99Tc+6].[O-2].[S-]C(=Nc1ccccc1)[N-]CCC[N-]C([S-])=Nc1ccccc1. The molecule has 0 N–H and O–H groups in total. The molecule has 2 rings (SSSR count). The van der Waals surface area contributed by atoms with E-state index in [1.165, 1.54) is 0 Å². The monoisotopic (exact) mass is 455 g/mol. The van der Waals surface area contributed by atoms with Gasteiger partial charge >= 0.3 is 20.1 Å². The van der Waals surface area contributed by atoms with Gasteiger partial charge in [0.1, 0.15) is 0 Å². The fourth-order valence-electron chi connectivity index (χ4n) is 1.72.